The number of allylic oxidation sites excluding steroid dienone is 3. The molecule has 24 heavy (non-hydrogen) atoms. The topological polar surface area (TPSA) is 82.5 Å². The Bertz CT molecular complexity index is 837. The second kappa shape index (κ2) is 6.20. The van der Waals surface area contributed by atoms with E-state index >= 15 is 0 Å². The monoisotopic (exact) mass is 322 g/mol. The molecule has 5 heteroatoms. The molecule has 0 fully saturated rings. The smallest absolute Gasteiger partial charge is 0.334 e. The molecule has 0 aliphatic carbocycles. The summed E-state index contributed by atoms with van der Waals surface area (Å²) in [6.45, 7) is 3.69. The van der Waals surface area contributed by atoms with Crippen LogP contribution in [-0.4, -0.2) is 21.2 Å². The lowest BCUT2D eigenvalue weighted by Gasteiger charge is -2.31. The molecule has 0 saturated heterocycles. The number of aliphatic carboxylic acids is 1. The van der Waals surface area contributed by atoms with Gasteiger partial charge in [-0.1, -0.05) is 18.2 Å². The molecule has 122 valence electrons. The van der Waals surface area contributed by atoms with Gasteiger partial charge in [0.1, 0.15) is 5.75 Å². The van der Waals surface area contributed by atoms with Gasteiger partial charge in [0.05, 0.1) is 5.57 Å². The van der Waals surface area contributed by atoms with E-state index in [0.717, 1.165) is 22.4 Å². The number of rotatable bonds is 3. The molecular formula is C19H18N2O3. The molecule has 5 nitrogen and oxygen atoms in total. The zero-order chi connectivity index (χ0) is 17.3. The number of carboxylic acids is 1. The van der Waals surface area contributed by atoms with Gasteiger partial charge < -0.3 is 15.5 Å². The second-order valence-electron chi connectivity index (χ2n) is 5.77. The molecule has 3 N–H and O–H groups in total. The van der Waals surface area contributed by atoms with Crippen molar-refractivity contribution in [3.63, 3.8) is 0 Å². The third kappa shape index (κ3) is 2.76. The number of dihydropyridines is 1. The molecule has 2 aromatic rings. The minimum absolute atomic E-state index is 0.147. The number of phenols is 1. The Kier molecular flexibility index (Phi) is 4.08. The number of carbonyl (C=O) groups is 1. The van der Waals surface area contributed by atoms with E-state index in [4.69, 9.17) is 0 Å². The van der Waals surface area contributed by atoms with Crippen molar-refractivity contribution in [1.82, 2.24) is 10.3 Å². The Morgan fingerprint density at radius 3 is 2.42 bits per heavy atom. The fraction of sp³-hybridized carbons (Fsp3) is 0.158. The normalized spacial score (nSPS) is 17.7. The van der Waals surface area contributed by atoms with Crippen LogP contribution in [0.5, 0.6) is 5.75 Å². The molecule has 0 radical (unpaired) electrons. The molecule has 0 amide bonds. The number of nitrogens with zero attached hydrogens (tertiary/aromatic N) is 1. The zero-order valence-corrected chi connectivity index (χ0v) is 13.4. The Hall–Kier alpha value is -3.08. The number of aromatic hydroxyl groups is 1. The van der Waals surface area contributed by atoms with Crippen molar-refractivity contribution in [2.24, 2.45) is 0 Å². The highest BCUT2D eigenvalue weighted by Gasteiger charge is 2.33. The number of nitrogens with one attached hydrogen (secondary N) is 1. The van der Waals surface area contributed by atoms with Crippen LogP contribution >= 0.6 is 0 Å². The van der Waals surface area contributed by atoms with E-state index in [-0.39, 0.29) is 5.75 Å². The van der Waals surface area contributed by atoms with Gasteiger partial charge in [-0.05, 0) is 48.7 Å². The van der Waals surface area contributed by atoms with Gasteiger partial charge >= 0.3 is 5.97 Å². The molecule has 1 aliphatic rings. The first-order valence-electron chi connectivity index (χ1n) is 7.60. The number of hydrogen-bond donors (Lipinski definition) is 3. The van der Waals surface area contributed by atoms with Crippen LogP contribution in [0, 0.1) is 0 Å². The number of phenolic OH excluding ortho intramolecular Hbond substituents is 1. The van der Waals surface area contributed by atoms with Crippen LogP contribution in [-0.2, 0) is 4.79 Å². The molecule has 1 aromatic heterocycles. The molecule has 3 rings (SSSR count). The third-order valence-electron chi connectivity index (χ3n) is 4.19. The summed E-state index contributed by atoms with van der Waals surface area (Å²) in [4.78, 5) is 16.1. The summed E-state index contributed by atoms with van der Waals surface area (Å²) in [7, 11) is 0. The first-order valence-corrected chi connectivity index (χ1v) is 7.60. The summed E-state index contributed by atoms with van der Waals surface area (Å²) in [5, 5.41) is 22.5. The summed E-state index contributed by atoms with van der Waals surface area (Å²) in [6, 6.07) is 10.4. The average molecular weight is 322 g/mol. The number of hydrogen-bond acceptors (Lipinski definition) is 4. The van der Waals surface area contributed by atoms with Crippen molar-refractivity contribution in [2.75, 3.05) is 0 Å². The Balaban J connectivity index is 2.23. The summed E-state index contributed by atoms with van der Waals surface area (Å²) in [5.41, 5.74) is 4.35. The number of benzene rings is 1. The molecule has 0 saturated carbocycles. The summed E-state index contributed by atoms with van der Waals surface area (Å²) < 4.78 is 0. The minimum Gasteiger partial charge on any atom is -0.508 e. The minimum atomic E-state index is -0.966. The van der Waals surface area contributed by atoms with E-state index in [9.17, 15) is 15.0 Å². The second-order valence-corrected chi connectivity index (χ2v) is 5.77. The van der Waals surface area contributed by atoms with E-state index in [0.29, 0.717) is 11.3 Å². The van der Waals surface area contributed by atoms with E-state index in [1.54, 1.807) is 43.6 Å². The van der Waals surface area contributed by atoms with Gasteiger partial charge in [-0.2, -0.15) is 0 Å². The number of aromatic nitrogens is 1. The molecule has 0 spiro atoms. The van der Waals surface area contributed by atoms with Gasteiger partial charge in [0.15, 0.2) is 0 Å². The maximum Gasteiger partial charge on any atom is 0.334 e. The van der Waals surface area contributed by atoms with E-state index in [1.165, 1.54) is 0 Å². The van der Waals surface area contributed by atoms with Crippen molar-refractivity contribution >= 4 is 11.5 Å². The predicted octanol–water partition coefficient (Wildman–Crippen LogP) is 3.26. The van der Waals surface area contributed by atoms with E-state index in [2.05, 4.69) is 10.3 Å². The third-order valence-corrected chi connectivity index (χ3v) is 4.19. The van der Waals surface area contributed by atoms with Crippen molar-refractivity contribution in [2.45, 2.75) is 19.8 Å². The largest absolute Gasteiger partial charge is 0.508 e. The quantitative estimate of drug-likeness (QED) is 0.808. The Morgan fingerprint density at radius 2 is 1.83 bits per heavy atom. The summed E-state index contributed by atoms with van der Waals surface area (Å²) in [5.74, 6) is -1.26. The summed E-state index contributed by atoms with van der Waals surface area (Å²) in [6.07, 6.45) is 3.42. The molecule has 1 aliphatic heterocycles. The van der Waals surface area contributed by atoms with Crippen LogP contribution in [0.25, 0.3) is 5.57 Å². The van der Waals surface area contributed by atoms with Gasteiger partial charge in [-0.25, -0.2) is 4.79 Å². The standard InChI is InChI=1S/C19H18N2O3/c1-11-16(14-4-3-9-20-10-14)18(13-5-7-15(22)8-6-13)17(19(23)24)12(2)21-11/h3-10,18,21-22H,1-2H3,(H,23,24). The van der Waals surface area contributed by atoms with Crippen molar-refractivity contribution < 1.29 is 15.0 Å². The molecule has 1 atom stereocenters. The Morgan fingerprint density at radius 1 is 1.12 bits per heavy atom. The van der Waals surface area contributed by atoms with Crippen LogP contribution in [0.1, 0.15) is 30.9 Å². The van der Waals surface area contributed by atoms with Crippen LogP contribution in [0.2, 0.25) is 0 Å². The molecule has 1 unspecified atom stereocenters. The highest BCUT2D eigenvalue weighted by Crippen LogP contribution is 2.43. The fourth-order valence-corrected chi connectivity index (χ4v) is 3.18. The first kappa shape index (κ1) is 15.8. The van der Waals surface area contributed by atoms with E-state index in [1.807, 2.05) is 19.1 Å². The SMILES string of the molecule is CC1=C(C(=O)O)C(c2ccc(O)cc2)C(c2cccnc2)=C(C)N1. The van der Waals surface area contributed by atoms with Crippen LogP contribution in [0.3, 0.4) is 0 Å². The maximum atomic E-state index is 11.9. The van der Waals surface area contributed by atoms with Gasteiger partial charge in [0.2, 0.25) is 0 Å². The highest BCUT2D eigenvalue weighted by molar-refractivity contribution is 5.96. The lowest BCUT2D eigenvalue weighted by atomic mass is 9.78. The van der Waals surface area contributed by atoms with Gasteiger partial charge in [-0.15, -0.1) is 0 Å². The lowest BCUT2D eigenvalue weighted by molar-refractivity contribution is -0.132. The van der Waals surface area contributed by atoms with Crippen LogP contribution in [0.4, 0.5) is 0 Å². The van der Waals surface area contributed by atoms with Crippen molar-refractivity contribution in [3.8, 4) is 5.75 Å². The Labute approximate surface area is 140 Å². The van der Waals surface area contributed by atoms with Crippen LogP contribution in [0.15, 0.2) is 65.8 Å². The van der Waals surface area contributed by atoms with E-state index < -0.39 is 11.9 Å². The van der Waals surface area contributed by atoms with Crippen molar-refractivity contribution in [3.05, 3.63) is 76.9 Å². The first-order chi connectivity index (χ1) is 11.5. The highest BCUT2D eigenvalue weighted by atomic mass is 16.4. The fourth-order valence-electron chi connectivity index (χ4n) is 3.18. The number of pyridine rings is 1. The molecule has 2 heterocycles. The van der Waals surface area contributed by atoms with Gasteiger partial charge in [-0.3, -0.25) is 4.98 Å². The summed E-state index contributed by atoms with van der Waals surface area (Å²) >= 11 is 0. The lowest BCUT2D eigenvalue weighted by Crippen LogP contribution is -2.27. The van der Waals surface area contributed by atoms with Crippen molar-refractivity contribution in [1.29, 1.82) is 0 Å². The molecular weight excluding hydrogens is 304 g/mol. The van der Waals surface area contributed by atoms with Gasteiger partial charge in [0.25, 0.3) is 0 Å². The van der Waals surface area contributed by atoms with Gasteiger partial charge in [0, 0.05) is 29.7 Å². The molecule has 1 aromatic carbocycles. The average Bonchev–Trinajstić information content (AvgIpc) is 2.55. The number of carboxylic acid groups (broad SMARTS) is 1. The van der Waals surface area contributed by atoms with Crippen LogP contribution < -0.4 is 5.32 Å². The molecule has 0 bridgehead atoms. The predicted molar refractivity (Wildman–Crippen MR) is 91.2 cm³/mol. The maximum absolute atomic E-state index is 11.9. The zero-order valence-electron chi connectivity index (χ0n) is 13.4.